The molecule has 2 aliphatic rings. The van der Waals surface area contributed by atoms with E-state index < -0.39 is 0 Å². The van der Waals surface area contributed by atoms with Crippen LogP contribution in [0.15, 0.2) is 4.99 Å². The van der Waals surface area contributed by atoms with Gasteiger partial charge in [-0.25, -0.2) is 9.67 Å². The monoisotopic (exact) mass is 485 g/mol. The average Bonchev–Trinajstić information content (AvgIpc) is 3.20. The Hall–Kier alpha value is -1.72. The molecule has 0 aromatic carbocycles. The van der Waals surface area contributed by atoms with Crippen molar-refractivity contribution >= 4 is 29.9 Å². The SMILES string of the molecule is CN=C(NCC1CCc2nnc(C)n2C1)NC1CCc2nc(C)nn2C1.I. The molecule has 0 saturated carbocycles. The van der Waals surface area contributed by atoms with E-state index in [0.29, 0.717) is 12.0 Å². The van der Waals surface area contributed by atoms with Crippen molar-refractivity contribution in [2.24, 2.45) is 10.9 Å². The fourth-order valence-electron chi connectivity index (χ4n) is 3.88. The Morgan fingerprint density at radius 2 is 1.96 bits per heavy atom. The summed E-state index contributed by atoms with van der Waals surface area (Å²) in [6.07, 6.45) is 4.13. The summed E-state index contributed by atoms with van der Waals surface area (Å²) in [4.78, 5) is 8.87. The molecule has 2 N–H and O–H groups in total. The Labute approximate surface area is 176 Å². The van der Waals surface area contributed by atoms with Gasteiger partial charge in [0.05, 0.1) is 6.54 Å². The van der Waals surface area contributed by atoms with Gasteiger partial charge in [0.25, 0.3) is 0 Å². The molecule has 2 aliphatic heterocycles. The molecular formula is C17H28IN9. The van der Waals surface area contributed by atoms with E-state index in [2.05, 4.69) is 40.5 Å². The van der Waals surface area contributed by atoms with Gasteiger partial charge < -0.3 is 15.2 Å². The zero-order chi connectivity index (χ0) is 18.1. The average molecular weight is 485 g/mol. The van der Waals surface area contributed by atoms with Crippen molar-refractivity contribution in [2.75, 3.05) is 13.6 Å². The largest absolute Gasteiger partial charge is 0.356 e. The molecule has 2 atom stereocenters. The molecule has 4 rings (SSSR count). The lowest BCUT2D eigenvalue weighted by molar-refractivity contribution is 0.354. The van der Waals surface area contributed by atoms with Crippen molar-refractivity contribution in [3.05, 3.63) is 23.3 Å². The Morgan fingerprint density at radius 3 is 2.78 bits per heavy atom. The molecule has 2 aromatic heterocycles. The van der Waals surface area contributed by atoms with Crippen molar-refractivity contribution in [1.82, 2.24) is 40.2 Å². The standard InChI is InChI=1S/C17H27N9.HI/c1-11-20-15-7-5-14(10-26(15)24-11)21-17(18-3)19-8-13-4-6-16-23-22-12(2)25(16)9-13;/h13-14H,4-10H2,1-3H3,(H2,18,19,21);1H. The number of nitrogens with zero attached hydrogens (tertiary/aromatic N) is 7. The van der Waals surface area contributed by atoms with Crippen LogP contribution >= 0.6 is 24.0 Å². The summed E-state index contributed by atoms with van der Waals surface area (Å²) in [5.41, 5.74) is 0. The van der Waals surface area contributed by atoms with Gasteiger partial charge in [0, 0.05) is 39.0 Å². The first-order valence-electron chi connectivity index (χ1n) is 9.38. The lowest BCUT2D eigenvalue weighted by atomic mass is 9.99. The molecule has 9 nitrogen and oxygen atoms in total. The Morgan fingerprint density at radius 1 is 1.15 bits per heavy atom. The zero-order valence-corrected chi connectivity index (χ0v) is 18.5. The highest BCUT2D eigenvalue weighted by molar-refractivity contribution is 14.0. The van der Waals surface area contributed by atoms with Crippen LogP contribution in [0.4, 0.5) is 0 Å². The maximum absolute atomic E-state index is 4.47. The number of aromatic nitrogens is 6. The van der Waals surface area contributed by atoms with Gasteiger partial charge in [0.2, 0.25) is 0 Å². The predicted molar refractivity (Wildman–Crippen MR) is 113 cm³/mol. The minimum absolute atomic E-state index is 0. The van der Waals surface area contributed by atoms with Crippen molar-refractivity contribution < 1.29 is 0 Å². The van der Waals surface area contributed by atoms with Gasteiger partial charge in [-0.15, -0.1) is 34.2 Å². The van der Waals surface area contributed by atoms with E-state index in [1.165, 1.54) is 0 Å². The van der Waals surface area contributed by atoms with Gasteiger partial charge in [-0.1, -0.05) is 0 Å². The third-order valence-electron chi connectivity index (χ3n) is 5.32. The van der Waals surface area contributed by atoms with Crippen LogP contribution in [0.3, 0.4) is 0 Å². The van der Waals surface area contributed by atoms with Crippen LogP contribution in [0.5, 0.6) is 0 Å². The topological polar surface area (TPSA) is 97.8 Å². The molecule has 4 heterocycles. The number of aryl methyl sites for hydroxylation is 4. The first-order chi connectivity index (χ1) is 12.6. The lowest BCUT2D eigenvalue weighted by Gasteiger charge is -2.28. The number of fused-ring (bicyclic) bond motifs is 2. The first-order valence-corrected chi connectivity index (χ1v) is 9.38. The molecule has 0 saturated heterocycles. The fraction of sp³-hybridized carbons (Fsp3) is 0.706. The molecule has 0 radical (unpaired) electrons. The van der Waals surface area contributed by atoms with Crippen molar-refractivity contribution in [1.29, 1.82) is 0 Å². The number of halogens is 1. The summed E-state index contributed by atoms with van der Waals surface area (Å²) in [6, 6.07) is 0.327. The van der Waals surface area contributed by atoms with Gasteiger partial charge in [-0.05, 0) is 32.6 Å². The van der Waals surface area contributed by atoms with Crippen molar-refractivity contribution in [2.45, 2.75) is 58.7 Å². The summed E-state index contributed by atoms with van der Waals surface area (Å²) in [5, 5.41) is 19.9. The third-order valence-corrected chi connectivity index (χ3v) is 5.32. The number of rotatable bonds is 3. The van der Waals surface area contributed by atoms with Crippen LogP contribution in [0.25, 0.3) is 0 Å². The Balaban J connectivity index is 0.00000210. The summed E-state index contributed by atoms with van der Waals surface area (Å²) < 4.78 is 4.25. The molecule has 0 bridgehead atoms. The molecule has 2 unspecified atom stereocenters. The van der Waals surface area contributed by atoms with Crippen LogP contribution in [0.2, 0.25) is 0 Å². The van der Waals surface area contributed by atoms with Gasteiger partial charge >= 0.3 is 0 Å². The molecule has 0 amide bonds. The summed E-state index contributed by atoms with van der Waals surface area (Å²) in [7, 11) is 1.83. The number of nitrogens with one attached hydrogen (secondary N) is 2. The van der Waals surface area contributed by atoms with Gasteiger partial charge in [-0.3, -0.25) is 4.99 Å². The fourth-order valence-corrected chi connectivity index (χ4v) is 3.88. The summed E-state index contributed by atoms with van der Waals surface area (Å²) in [5.74, 6) is 5.49. The third kappa shape index (κ3) is 4.41. The number of hydrogen-bond acceptors (Lipinski definition) is 5. The minimum atomic E-state index is 0. The molecule has 0 aliphatic carbocycles. The van der Waals surface area contributed by atoms with Crippen LogP contribution in [0, 0.1) is 19.8 Å². The molecule has 2 aromatic rings. The van der Waals surface area contributed by atoms with Crippen LogP contribution in [-0.2, 0) is 25.9 Å². The number of hydrogen-bond donors (Lipinski definition) is 2. The number of aliphatic imine (C=N–C) groups is 1. The van der Waals surface area contributed by atoms with E-state index in [4.69, 9.17) is 0 Å². The smallest absolute Gasteiger partial charge is 0.191 e. The zero-order valence-electron chi connectivity index (χ0n) is 16.1. The van der Waals surface area contributed by atoms with E-state index in [-0.39, 0.29) is 24.0 Å². The molecule has 0 spiro atoms. The Bertz CT molecular complexity index is 809. The second-order valence-corrected chi connectivity index (χ2v) is 7.27. The highest BCUT2D eigenvalue weighted by atomic mass is 127. The van der Waals surface area contributed by atoms with E-state index >= 15 is 0 Å². The highest BCUT2D eigenvalue weighted by Gasteiger charge is 2.24. The van der Waals surface area contributed by atoms with Crippen molar-refractivity contribution in [3.8, 4) is 0 Å². The Kier molecular flexibility index (Phi) is 6.33. The molecule has 148 valence electrons. The van der Waals surface area contributed by atoms with Gasteiger partial charge in [0.1, 0.15) is 23.3 Å². The van der Waals surface area contributed by atoms with Crippen LogP contribution < -0.4 is 10.6 Å². The maximum atomic E-state index is 4.47. The van der Waals surface area contributed by atoms with Crippen molar-refractivity contribution in [3.63, 3.8) is 0 Å². The molecular weight excluding hydrogens is 457 g/mol. The van der Waals surface area contributed by atoms with E-state index in [1.807, 2.05) is 25.6 Å². The second kappa shape index (κ2) is 8.53. The first kappa shape index (κ1) is 20.0. The van der Waals surface area contributed by atoms with E-state index in [0.717, 1.165) is 74.6 Å². The maximum Gasteiger partial charge on any atom is 0.191 e. The van der Waals surface area contributed by atoms with Gasteiger partial charge in [0.15, 0.2) is 5.96 Å². The summed E-state index contributed by atoms with van der Waals surface area (Å²) >= 11 is 0. The van der Waals surface area contributed by atoms with E-state index in [1.54, 1.807) is 0 Å². The lowest BCUT2D eigenvalue weighted by Crippen LogP contribution is -2.48. The molecule has 27 heavy (non-hydrogen) atoms. The normalized spacial score (nSPS) is 21.8. The molecule has 0 fully saturated rings. The van der Waals surface area contributed by atoms with E-state index in [9.17, 15) is 0 Å². The summed E-state index contributed by atoms with van der Waals surface area (Å²) in [6.45, 7) is 6.68. The van der Waals surface area contributed by atoms with Gasteiger partial charge in [-0.2, -0.15) is 5.10 Å². The van der Waals surface area contributed by atoms with Crippen LogP contribution in [0.1, 0.15) is 36.1 Å². The quantitative estimate of drug-likeness (QED) is 0.380. The second-order valence-electron chi connectivity index (χ2n) is 7.27. The minimum Gasteiger partial charge on any atom is -0.356 e. The highest BCUT2D eigenvalue weighted by Crippen LogP contribution is 2.19. The molecule has 10 heteroatoms. The predicted octanol–water partition coefficient (Wildman–Crippen LogP) is 0.847. The number of guanidine groups is 1. The van der Waals surface area contributed by atoms with Crippen LogP contribution in [-0.4, -0.2) is 55.1 Å².